The van der Waals surface area contributed by atoms with Crippen LogP contribution in [-0.4, -0.2) is 47.5 Å². The first-order valence-electron chi connectivity index (χ1n) is 7.99. The van der Waals surface area contributed by atoms with E-state index in [1.165, 1.54) is 11.8 Å². The summed E-state index contributed by atoms with van der Waals surface area (Å²) < 4.78 is 18.1. The van der Waals surface area contributed by atoms with Gasteiger partial charge in [0.15, 0.2) is 28.8 Å². The van der Waals surface area contributed by atoms with Gasteiger partial charge in [0, 0.05) is 5.56 Å². The third kappa shape index (κ3) is 3.87. The minimum absolute atomic E-state index is 0.0191. The maximum atomic E-state index is 9.93. The first kappa shape index (κ1) is 19.9. The van der Waals surface area contributed by atoms with Crippen molar-refractivity contribution >= 4 is 34.4 Å². The van der Waals surface area contributed by atoms with Crippen molar-refractivity contribution in [2.45, 2.75) is 0 Å². The Hall–Kier alpha value is -2.85. The van der Waals surface area contributed by atoms with Crippen molar-refractivity contribution in [3.05, 3.63) is 45.1 Å². The molecule has 0 bridgehead atoms. The summed E-state index contributed by atoms with van der Waals surface area (Å²) in [6, 6.07) is 8.76. The SMILES string of the molecule is COc1ccc(-c2n[nH]c(=S)n2/N=C/c2cc(Br)c(O)c(OC)c2)cc1OC. The van der Waals surface area contributed by atoms with Crippen LogP contribution < -0.4 is 14.2 Å². The topological polar surface area (TPSA) is 93.9 Å². The number of ether oxygens (including phenoxy) is 3. The number of hydrogen-bond donors (Lipinski definition) is 2. The summed E-state index contributed by atoms with van der Waals surface area (Å²) in [4.78, 5) is 0. The normalized spacial score (nSPS) is 11.0. The maximum absolute atomic E-state index is 9.93. The molecule has 146 valence electrons. The van der Waals surface area contributed by atoms with Crippen LogP contribution in [0.25, 0.3) is 11.4 Å². The smallest absolute Gasteiger partial charge is 0.216 e. The molecule has 0 aliphatic carbocycles. The molecule has 0 fully saturated rings. The minimum Gasteiger partial charge on any atom is -0.503 e. The number of nitrogens with zero attached hydrogens (tertiary/aromatic N) is 3. The van der Waals surface area contributed by atoms with Crippen molar-refractivity contribution in [2.75, 3.05) is 21.3 Å². The monoisotopic (exact) mass is 464 g/mol. The van der Waals surface area contributed by atoms with Gasteiger partial charge in [-0.05, 0) is 64.0 Å². The summed E-state index contributed by atoms with van der Waals surface area (Å²) in [5.74, 6) is 2.03. The molecule has 0 amide bonds. The molecule has 8 nitrogen and oxygen atoms in total. The summed E-state index contributed by atoms with van der Waals surface area (Å²) in [6.07, 6.45) is 1.59. The van der Waals surface area contributed by atoms with E-state index in [1.54, 1.807) is 44.7 Å². The minimum atomic E-state index is 0.0191. The van der Waals surface area contributed by atoms with Crippen LogP contribution in [0, 0.1) is 4.77 Å². The van der Waals surface area contributed by atoms with Crippen LogP contribution in [-0.2, 0) is 0 Å². The Morgan fingerprint density at radius 1 is 1.11 bits per heavy atom. The van der Waals surface area contributed by atoms with Gasteiger partial charge >= 0.3 is 0 Å². The summed E-state index contributed by atoms with van der Waals surface area (Å²) >= 11 is 8.58. The van der Waals surface area contributed by atoms with Crippen molar-refractivity contribution in [3.8, 4) is 34.4 Å². The number of aromatic hydroxyl groups is 1. The molecule has 1 heterocycles. The van der Waals surface area contributed by atoms with Crippen LogP contribution in [0.2, 0.25) is 0 Å². The lowest BCUT2D eigenvalue weighted by atomic mass is 10.2. The quantitative estimate of drug-likeness (QED) is 0.423. The van der Waals surface area contributed by atoms with Gasteiger partial charge in [-0.15, -0.1) is 0 Å². The molecular formula is C18H17BrN4O4S. The zero-order valence-electron chi connectivity index (χ0n) is 15.3. The number of nitrogens with one attached hydrogen (secondary N) is 1. The highest BCUT2D eigenvalue weighted by molar-refractivity contribution is 9.10. The Morgan fingerprint density at radius 3 is 2.50 bits per heavy atom. The number of hydrogen-bond acceptors (Lipinski definition) is 7. The van der Waals surface area contributed by atoms with Gasteiger partial charge in [0.1, 0.15) is 0 Å². The standard InChI is InChI=1S/C18H17BrN4O4S/c1-25-13-5-4-11(8-14(13)26-2)17-21-22-18(28)23(17)20-9-10-6-12(19)16(24)15(7-10)27-3/h4-9,24H,1-3H3,(H,22,28)/b20-9+. The summed E-state index contributed by atoms with van der Waals surface area (Å²) in [5, 5.41) is 21.3. The highest BCUT2D eigenvalue weighted by Gasteiger charge is 2.13. The fraction of sp³-hybridized carbons (Fsp3) is 0.167. The Labute approximate surface area is 174 Å². The number of rotatable bonds is 6. The first-order chi connectivity index (χ1) is 13.5. The molecule has 28 heavy (non-hydrogen) atoms. The number of phenolic OH excluding ortho intramolecular Hbond substituents is 1. The molecule has 0 saturated carbocycles. The molecule has 0 atom stereocenters. The second-order valence-corrected chi connectivity index (χ2v) is 6.77. The van der Waals surface area contributed by atoms with Gasteiger partial charge in [-0.2, -0.15) is 14.9 Å². The van der Waals surface area contributed by atoms with E-state index in [9.17, 15) is 5.11 Å². The number of benzene rings is 2. The van der Waals surface area contributed by atoms with Crippen molar-refractivity contribution < 1.29 is 19.3 Å². The number of H-pyrrole nitrogens is 1. The lowest BCUT2D eigenvalue weighted by Gasteiger charge is -2.09. The van der Waals surface area contributed by atoms with Crippen molar-refractivity contribution in [1.82, 2.24) is 14.9 Å². The van der Waals surface area contributed by atoms with E-state index in [4.69, 9.17) is 26.4 Å². The molecule has 0 aliphatic rings. The molecule has 0 unspecified atom stereocenters. The fourth-order valence-corrected chi connectivity index (χ4v) is 3.15. The second kappa shape index (κ2) is 8.44. The van der Waals surface area contributed by atoms with E-state index in [1.807, 2.05) is 6.07 Å². The highest BCUT2D eigenvalue weighted by Crippen LogP contribution is 2.35. The van der Waals surface area contributed by atoms with E-state index < -0.39 is 0 Å². The van der Waals surface area contributed by atoms with Crippen LogP contribution in [0.3, 0.4) is 0 Å². The molecule has 3 rings (SSSR count). The third-order valence-electron chi connectivity index (χ3n) is 3.89. The van der Waals surface area contributed by atoms with E-state index >= 15 is 0 Å². The van der Waals surface area contributed by atoms with Crippen LogP contribution >= 0.6 is 28.1 Å². The van der Waals surface area contributed by atoms with Crippen LogP contribution in [0.1, 0.15) is 5.56 Å². The number of methoxy groups -OCH3 is 3. The molecular weight excluding hydrogens is 448 g/mol. The number of aromatic nitrogens is 3. The van der Waals surface area contributed by atoms with E-state index in [0.717, 1.165) is 5.56 Å². The largest absolute Gasteiger partial charge is 0.503 e. The predicted octanol–water partition coefficient (Wildman–Crippen LogP) is 3.98. The average molecular weight is 465 g/mol. The lowest BCUT2D eigenvalue weighted by molar-refractivity contribution is 0.355. The Bertz CT molecular complexity index is 1090. The zero-order chi connectivity index (χ0) is 20.3. The van der Waals surface area contributed by atoms with Gasteiger partial charge in [-0.1, -0.05) is 0 Å². The molecule has 0 saturated heterocycles. The van der Waals surface area contributed by atoms with Gasteiger partial charge in [-0.25, -0.2) is 5.10 Å². The van der Waals surface area contributed by atoms with Gasteiger partial charge in [0.05, 0.1) is 32.0 Å². The van der Waals surface area contributed by atoms with E-state index in [-0.39, 0.29) is 5.75 Å². The Balaban J connectivity index is 2.02. The molecule has 0 radical (unpaired) electrons. The molecule has 10 heteroatoms. The van der Waals surface area contributed by atoms with Crippen molar-refractivity contribution in [2.24, 2.45) is 5.10 Å². The van der Waals surface area contributed by atoms with E-state index in [0.29, 0.717) is 37.9 Å². The van der Waals surface area contributed by atoms with Gasteiger partial charge in [0.2, 0.25) is 4.77 Å². The van der Waals surface area contributed by atoms with Crippen LogP contribution in [0.4, 0.5) is 0 Å². The molecule has 2 N–H and O–H groups in total. The average Bonchev–Trinajstić information content (AvgIpc) is 3.08. The number of phenols is 1. The maximum Gasteiger partial charge on any atom is 0.216 e. The third-order valence-corrected chi connectivity index (χ3v) is 4.75. The Kier molecular flexibility index (Phi) is 6.00. The van der Waals surface area contributed by atoms with Crippen LogP contribution in [0.15, 0.2) is 39.9 Å². The molecule has 0 aliphatic heterocycles. The summed E-state index contributed by atoms with van der Waals surface area (Å²) in [7, 11) is 4.61. The second-order valence-electron chi connectivity index (χ2n) is 5.53. The fourth-order valence-electron chi connectivity index (χ4n) is 2.51. The molecule has 2 aromatic carbocycles. The number of aromatic amines is 1. The van der Waals surface area contributed by atoms with Gasteiger partial charge in [-0.3, -0.25) is 0 Å². The Morgan fingerprint density at radius 2 is 1.82 bits per heavy atom. The predicted molar refractivity (Wildman–Crippen MR) is 111 cm³/mol. The van der Waals surface area contributed by atoms with Gasteiger partial charge in [0.25, 0.3) is 0 Å². The van der Waals surface area contributed by atoms with E-state index in [2.05, 4.69) is 31.2 Å². The van der Waals surface area contributed by atoms with Gasteiger partial charge < -0.3 is 19.3 Å². The first-order valence-corrected chi connectivity index (χ1v) is 9.19. The highest BCUT2D eigenvalue weighted by atomic mass is 79.9. The summed E-state index contributed by atoms with van der Waals surface area (Å²) in [6.45, 7) is 0. The molecule has 1 aromatic heterocycles. The molecule has 3 aromatic rings. The number of halogens is 1. The van der Waals surface area contributed by atoms with Crippen molar-refractivity contribution in [3.63, 3.8) is 0 Å². The zero-order valence-corrected chi connectivity index (χ0v) is 17.7. The molecule has 0 spiro atoms. The summed E-state index contributed by atoms with van der Waals surface area (Å²) in [5.41, 5.74) is 1.44. The lowest BCUT2D eigenvalue weighted by Crippen LogP contribution is -1.97. The van der Waals surface area contributed by atoms with Crippen LogP contribution in [0.5, 0.6) is 23.0 Å². The van der Waals surface area contributed by atoms with Crippen molar-refractivity contribution in [1.29, 1.82) is 0 Å².